The minimum Gasteiger partial charge on any atom is -0.448 e. The van der Waals surface area contributed by atoms with Crippen molar-refractivity contribution in [3.63, 3.8) is 0 Å². The molecule has 0 fully saturated rings. The van der Waals surface area contributed by atoms with Gasteiger partial charge < -0.3 is 14.1 Å². The first-order chi connectivity index (χ1) is 12.6. The van der Waals surface area contributed by atoms with Gasteiger partial charge in [-0.05, 0) is 43.2 Å². The molecular formula is C21H13NO4. The third-order valence-electron chi connectivity index (χ3n) is 3.84. The van der Waals surface area contributed by atoms with Crippen LogP contribution in [-0.4, -0.2) is 11.0 Å². The molecule has 2 aromatic heterocycles. The first-order valence-corrected chi connectivity index (χ1v) is 7.95. The maximum atomic E-state index is 11.9. The molecule has 0 aliphatic carbocycles. The fraction of sp³-hybridized carbons (Fsp3) is 0.0476. The molecule has 3 heterocycles. The Morgan fingerprint density at radius 3 is 2.65 bits per heavy atom. The molecule has 1 aromatic carbocycles. The van der Waals surface area contributed by atoms with E-state index in [0.29, 0.717) is 22.8 Å². The van der Waals surface area contributed by atoms with Crippen molar-refractivity contribution in [3.8, 4) is 11.8 Å². The second kappa shape index (κ2) is 6.26. The largest absolute Gasteiger partial charge is 0.448 e. The van der Waals surface area contributed by atoms with Crippen molar-refractivity contribution >= 4 is 17.8 Å². The molecule has 1 N–H and O–H groups in total. The van der Waals surface area contributed by atoms with Crippen molar-refractivity contribution < 1.29 is 13.9 Å². The average molecular weight is 343 g/mol. The highest BCUT2D eigenvalue weighted by Gasteiger charge is 2.30. The molecule has 26 heavy (non-hydrogen) atoms. The standard InChI is InChI=1S/C21H13NO4/c1-13-11-17-18(26-21(24)19(17)20(23)22-13)12-16-10-9-15(25-16)8-7-14-5-3-2-4-6-14/h2-6,9-12H,1H3,(H,22,23). The second-order valence-corrected chi connectivity index (χ2v) is 5.79. The summed E-state index contributed by atoms with van der Waals surface area (Å²) in [6.07, 6.45) is 1.58. The van der Waals surface area contributed by atoms with Crippen molar-refractivity contribution in [2.24, 2.45) is 0 Å². The van der Waals surface area contributed by atoms with Gasteiger partial charge in [0, 0.05) is 22.9 Å². The van der Waals surface area contributed by atoms with Crippen LogP contribution in [0.15, 0.2) is 57.7 Å². The number of esters is 1. The van der Waals surface area contributed by atoms with Crippen LogP contribution in [0.4, 0.5) is 0 Å². The molecule has 5 nitrogen and oxygen atoms in total. The van der Waals surface area contributed by atoms with Gasteiger partial charge in [-0.15, -0.1) is 0 Å². The van der Waals surface area contributed by atoms with Crippen LogP contribution in [0.1, 0.15) is 38.7 Å². The molecule has 0 saturated carbocycles. The number of carbonyl (C=O) groups is 1. The zero-order valence-electron chi connectivity index (χ0n) is 13.8. The highest BCUT2D eigenvalue weighted by atomic mass is 16.5. The Balaban J connectivity index is 1.66. The Labute approximate surface area is 148 Å². The third kappa shape index (κ3) is 2.96. The smallest absolute Gasteiger partial charge is 0.349 e. The van der Waals surface area contributed by atoms with Crippen molar-refractivity contribution in [1.82, 2.24) is 4.98 Å². The van der Waals surface area contributed by atoms with E-state index in [-0.39, 0.29) is 11.3 Å². The van der Waals surface area contributed by atoms with Crippen LogP contribution < -0.4 is 5.56 Å². The normalized spacial score (nSPS) is 13.9. The molecule has 0 radical (unpaired) electrons. The number of rotatable bonds is 1. The summed E-state index contributed by atoms with van der Waals surface area (Å²) in [6.45, 7) is 1.74. The summed E-state index contributed by atoms with van der Waals surface area (Å²) in [5, 5.41) is 0. The molecule has 0 spiro atoms. The number of cyclic esters (lactones) is 1. The fourth-order valence-corrected chi connectivity index (χ4v) is 2.68. The third-order valence-corrected chi connectivity index (χ3v) is 3.84. The number of aromatic nitrogens is 1. The molecule has 0 unspecified atom stereocenters. The number of H-pyrrole nitrogens is 1. The Kier molecular flexibility index (Phi) is 3.79. The summed E-state index contributed by atoms with van der Waals surface area (Å²) in [4.78, 5) is 26.5. The molecule has 5 heteroatoms. The Morgan fingerprint density at radius 1 is 1.04 bits per heavy atom. The van der Waals surface area contributed by atoms with E-state index in [9.17, 15) is 9.59 Å². The van der Waals surface area contributed by atoms with E-state index in [1.807, 2.05) is 30.3 Å². The van der Waals surface area contributed by atoms with Crippen LogP contribution in [0.2, 0.25) is 0 Å². The second-order valence-electron chi connectivity index (χ2n) is 5.79. The molecule has 3 aromatic rings. The summed E-state index contributed by atoms with van der Waals surface area (Å²) in [6, 6.07) is 14.7. The molecular weight excluding hydrogens is 330 g/mol. The molecule has 0 amide bonds. The molecule has 0 saturated heterocycles. The lowest BCUT2D eigenvalue weighted by Gasteiger charge is -1.98. The van der Waals surface area contributed by atoms with Crippen LogP contribution in [0.3, 0.4) is 0 Å². The van der Waals surface area contributed by atoms with E-state index in [0.717, 1.165) is 5.56 Å². The van der Waals surface area contributed by atoms with Crippen molar-refractivity contribution in [2.45, 2.75) is 6.92 Å². The number of aryl methyl sites for hydroxylation is 1. The fourth-order valence-electron chi connectivity index (χ4n) is 2.68. The van der Waals surface area contributed by atoms with Gasteiger partial charge in [0.25, 0.3) is 5.56 Å². The summed E-state index contributed by atoms with van der Waals surface area (Å²) >= 11 is 0. The summed E-state index contributed by atoms with van der Waals surface area (Å²) < 4.78 is 10.9. The Hall–Kier alpha value is -3.78. The van der Waals surface area contributed by atoms with Gasteiger partial charge >= 0.3 is 5.97 Å². The van der Waals surface area contributed by atoms with Crippen LogP contribution in [-0.2, 0) is 4.74 Å². The van der Waals surface area contributed by atoms with Crippen molar-refractivity contribution in [2.75, 3.05) is 0 Å². The SMILES string of the molecule is Cc1cc2c(c(=O)[nH]1)C(=O)OC2=Cc1ccc(C#Cc2ccccc2)o1. The maximum absolute atomic E-state index is 11.9. The van der Waals surface area contributed by atoms with Gasteiger partial charge in [-0.2, -0.15) is 0 Å². The van der Waals surface area contributed by atoms with Gasteiger partial charge in [-0.25, -0.2) is 4.79 Å². The Morgan fingerprint density at radius 2 is 1.85 bits per heavy atom. The Bertz CT molecular complexity index is 1150. The quantitative estimate of drug-likeness (QED) is 0.543. The van der Waals surface area contributed by atoms with Crippen LogP contribution in [0.5, 0.6) is 0 Å². The maximum Gasteiger partial charge on any atom is 0.349 e. The minimum atomic E-state index is -0.664. The highest BCUT2D eigenvalue weighted by Crippen LogP contribution is 2.29. The monoisotopic (exact) mass is 343 g/mol. The number of pyridine rings is 1. The first kappa shape index (κ1) is 15.7. The highest BCUT2D eigenvalue weighted by molar-refractivity contribution is 6.05. The van der Waals surface area contributed by atoms with Crippen LogP contribution >= 0.6 is 0 Å². The van der Waals surface area contributed by atoms with E-state index in [1.165, 1.54) is 0 Å². The summed E-state index contributed by atoms with van der Waals surface area (Å²) in [5.41, 5.74) is 1.55. The van der Waals surface area contributed by atoms with Crippen LogP contribution in [0, 0.1) is 18.8 Å². The molecule has 0 atom stereocenters. The zero-order valence-corrected chi connectivity index (χ0v) is 13.8. The molecule has 1 aliphatic heterocycles. The summed E-state index contributed by atoms with van der Waals surface area (Å²) in [7, 11) is 0. The minimum absolute atomic E-state index is 0.0116. The van der Waals surface area contributed by atoms with Gasteiger partial charge in [0.2, 0.25) is 0 Å². The zero-order chi connectivity index (χ0) is 18.1. The van der Waals surface area contributed by atoms with Gasteiger partial charge in [-0.3, -0.25) is 4.79 Å². The van der Waals surface area contributed by atoms with Gasteiger partial charge in [0.1, 0.15) is 17.1 Å². The van der Waals surface area contributed by atoms with Crippen molar-refractivity contribution in [1.29, 1.82) is 0 Å². The molecule has 4 rings (SSSR count). The molecule has 126 valence electrons. The first-order valence-electron chi connectivity index (χ1n) is 7.95. The molecule has 1 aliphatic rings. The van der Waals surface area contributed by atoms with Gasteiger partial charge in [0.15, 0.2) is 5.76 Å². The topological polar surface area (TPSA) is 72.3 Å². The number of benzene rings is 1. The number of ether oxygens (including phenoxy) is 1. The lowest BCUT2D eigenvalue weighted by molar-refractivity contribution is 0.0715. The average Bonchev–Trinajstić information content (AvgIpc) is 3.19. The van der Waals surface area contributed by atoms with E-state index in [2.05, 4.69) is 16.8 Å². The number of nitrogens with one attached hydrogen (secondary N) is 1. The van der Waals surface area contributed by atoms with Crippen molar-refractivity contribution in [3.05, 3.63) is 92.8 Å². The van der Waals surface area contributed by atoms with Gasteiger partial charge in [-0.1, -0.05) is 24.1 Å². The number of hydrogen-bond acceptors (Lipinski definition) is 4. The predicted octanol–water partition coefficient (Wildman–Crippen LogP) is 3.34. The number of hydrogen-bond donors (Lipinski definition) is 1. The van der Waals surface area contributed by atoms with Gasteiger partial charge in [0.05, 0.1) is 0 Å². The van der Waals surface area contributed by atoms with E-state index in [1.54, 1.807) is 31.2 Å². The van der Waals surface area contributed by atoms with E-state index >= 15 is 0 Å². The lowest BCUT2D eigenvalue weighted by Crippen LogP contribution is -2.16. The number of fused-ring (bicyclic) bond motifs is 1. The number of aromatic amines is 1. The van der Waals surface area contributed by atoms with Crippen LogP contribution in [0.25, 0.3) is 11.8 Å². The van der Waals surface area contributed by atoms with E-state index < -0.39 is 11.5 Å². The number of carbonyl (C=O) groups excluding carboxylic acids is 1. The molecule has 0 bridgehead atoms. The van der Waals surface area contributed by atoms with E-state index in [4.69, 9.17) is 9.15 Å². The predicted molar refractivity (Wildman–Crippen MR) is 96.2 cm³/mol. The number of furan rings is 1. The lowest BCUT2D eigenvalue weighted by atomic mass is 10.1. The summed E-state index contributed by atoms with van der Waals surface area (Å²) in [5.74, 6) is 6.55.